The predicted molar refractivity (Wildman–Crippen MR) is 169 cm³/mol. The molecule has 2 aromatic carbocycles. The van der Waals surface area contributed by atoms with Crippen molar-refractivity contribution in [3.8, 4) is 34.5 Å². The number of benzene rings is 2. The van der Waals surface area contributed by atoms with Crippen molar-refractivity contribution in [2.75, 3.05) is 88.0 Å². The van der Waals surface area contributed by atoms with Crippen LogP contribution in [-0.2, 0) is 4.74 Å². The molecule has 0 radical (unpaired) electrons. The molecule has 12 nitrogen and oxygen atoms in total. The summed E-state index contributed by atoms with van der Waals surface area (Å²) in [5.41, 5.74) is 0.506. The van der Waals surface area contributed by atoms with Gasteiger partial charge in [-0.3, -0.25) is 14.6 Å². The molecule has 4 bridgehead atoms. The van der Waals surface area contributed by atoms with Gasteiger partial charge in [-0.1, -0.05) is 0 Å². The van der Waals surface area contributed by atoms with E-state index in [9.17, 15) is 9.59 Å². The van der Waals surface area contributed by atoms with Crippen LogP contribution in [0.5, 0.6) is 34.5 Å². The van der Waals surface area contributed by atoms with Crippen molar-refractivity contribution in [3.05, 3.63) is 35.4 Å². The number of fused-ring (bicyclic) bond motifs is 5. The first kappa shape index (κ1) is 35.8. The summed E-state index contributed by atoms with van der Waals surface area (Å²) < 4.78 is 68.7. The smallest absolute Gasteiger partial charge is 0.338 e. The second-order valence-corrected chi connectivity index (χ2v) is 11.5. The molecule has 1 saturated heterocycles. The van der Waals surface area contributed by atoms with Crippen LogP contribution in [0.1, 0.15) is 46.4 Å². The van der Waals surface area contributed by atoms with E-state index < -0.39 is 11.9 Å². The number of rotatable bonds is 7. The molecule has 2 aliphatic rings. The molecular weight excluding hydrogens is 620 g/mol. The number of ether oxygens (including phenoxy) is 7. The summed E-state index contributed by atoms with van der Waals surface area (Å²) in [5.74, 6) is -1.93. The lowest BCUT2D eigenvalue weighted by Crippen LogP contribution is -2.42. The van der Waals surface area contributed by atoms with Crippen LogP contribution in [0.15, 0.2) is 24.3 Å². The molecule has 1 N–H and O–H groups in total. The molecule has 3 atom stereocenters. The van der Waals surface area contributed by atoms with Crippen LogP contribution in [-0.4, -0.2) is 122 Å². The number of carbonyl (C=O) groups is 2. The first-order chi connectivity index (χ1) is 22.6. The molecule has 0 aliphatic carbocycles. The Morgan fingerprint density at radius 3 is 1.98 bits per heavy atom. The lowest BCUT2D eigenvalue weighted by Gasteiger charge is -2.26. The molecule has 2 aliphatic heterocycles. The maximum Gasteiger partial charge on any atom is 0.338 e. The van der Waals surface area contributed by atoms with Gasteiger partial charge in [0.25, 0.3) is 11.8 Å². The minimum absolute atomic E-state index is 0.0719. The molecule has 0 saturated carbocycles. The second-order valence-electron chi connectivity index (χ2n) is 11.5. The van der Waals surface area contributed by atoms with Gasteiger partial charge in [0, 0.05) is 37.8 Å². The van der Waals surface area contributed by atoms with Crippen molar-refractivity contribution >= 4 is 11.9 Å². The molecule has 2 aromatic rings. The van der Waals surface area contributed by atoms with Gasteiger partial charge in [-0.2, -0.15) is 0 Å². The van der Waals surface area contributed by atoms with Crippen molar-refractivity contribution in [2.24, 2.45) is 0 Å². The van der Waals surface area contributed by atoms with E-state index in [0.717, 1.165) is 0 Å². The van der Waals surface area contributed by atoms with Crippen molar-refractivity contribution in [3.63, 3.8) is 0 Å². The van der Waals surface area contributed by atoms with Gasteiger partial charge in [0.05, 0.1) is 67.4 Å². The zero-order chi connectivity index (χ0) is 34.0. The molecular formula is C33H45F2N3O9. The lowest BCUT2D eigenvalue weighted by molar-refractivity contribution is -0.0389. The fraction of sp³-hybridized carbons (Fsp3) is 0.576. The first-order valence-electron chi connectivity index (χ1n) is 15.6. The fourth-order valence-corrected chi connectivity index (χ4v) is 5.84. The minimum Gasteiger partial charge on any atom is -0.493 e. The lowest BCUT2D eigenvalue weighted by atomic mass is 10.1. The Morgan fingerprint density at radius 2 is 1.36 bits per heavy atom. The molecule has 1 fully saturated rings. The van der Waals surface area contributed by atoms with E-state index >= 15 is 8.78 Å². The monoisotopic (exact) mass is 665 g/mol. The number of hydrogen-bond acceptors (Lipinski definition) is 11. The summed E-state index contributed by atoms with van der Waals surface area (Å²) >= 11 is 0. The molecule has 47 heavy (non-hydrogen) atoms. The molecule has 0 spiro atoms. The van der Waals surface area contributed by atoms with Gasteiger partial charge in [-0.05, 0) is 49.9 Å². The van der Waals surface area contributed by atoms with E-state index in [0.29, 0.717) is 91.9 Å². The third-order valence-corrected chi connectivity index (χ3v) is 8.19. The summed E-state index contributed by atoms with van der Waals surface area (Å²) in [5, 5.41) is 3.07. The van der Waals surface area contributed by atoms with Crippen LogP contribution >= 0.6 is 0 Å². The number of methoxy groups -OCH3 is 5. The normalized spacial score (nSPS) is 22.2. The summed E-state index contributed by atoms with van der Waals surface area (Å²) in [6.07, 6.45) is 1.80. The molecule has 260 valence electrons. The number of carbonyl (C=O) groups excluding carboxylic acids is 2. The minimum atomic E-state index is -2.92. The van der Waals surface area contributed by atoms with Crippen LogP contribution in [0.3, 0.4) is 0 Å². The van der Waals surface area contributed by atoms with E-state index in [1.54, 1.807) is 21.9 Å². The number of hydrogen-bond donors (Lipinski definition) is 1. The van der Waals surface area contributed by atoms with Gasteiger partial charge in [0.1, 0.15) is 0 Å². The summed E-state index contributed by atoms with van der Waals surface area (Å²) in [7, 11) is 7.34. The standard InChI is InChI=1S/C33H45F2N3O9/c1-41-25-16-22(17-26(42-2)29(25)44-4)31(39)36-24-8-6-14-46-28-19-23(18-27(43-3)30(28)45-5)32(40)47-15-7-10-37-12-13-38(11-9-24)21-33(34,35)20-37/h16-19,24H,6-15,20-21H2,1-5H3,(H,36,39). The van der Waals surface area contributed by atoms with Crippen LogP contribution in [0, 0.1) is 0 Å². The Hall–Kier alpha value is -4.04. The number of amides is 1. The number of alkyl halides is 2. The Kier molecular flexibility index (Phi) is 12.7. The Bertz CT molecular complexity index is 1350. The van der Waals surface area contributed by atoms with E-state index in [1.807, 2.05) is 0 Å². The molecule has 4 rings (SSSR count). The largest absolute Gasteiger partial charge is 0.493 e. The van der Waals surface area contributed by atoms with Gasteiger partial charge < -0.3 is 38.5 Å². The van der Waals surface area contributed by atoms with Gasteiger partial charge in [0.15, 0.2) is 23.0 Å². The fourth-order valence-electron chi connectivity index (χ4n) is 5.84. The predicted octanol–water partition coefficient (Wildman–Crippen LogP) is 3.89. The average molecular weight is 666 g/mol. The van der Waals surface area contributed by atoms with Gasteiger partial charge in [-0.15, -0.1) is 0 Å². The van der Waals surface area contributed by atoms with E-state index in [-0.39, 0.29) is 43.8 Å². The van der Waals surface area contributed by atoms with Crippen LogP contribution in [0.25, 0.3) is 0 Å². The Morgan fingerprint density at radius 1 is 0.766 bits per heavy atom. The maximum atomic E-state index is 15.0. The molecule has 1 amide bonds. The average Bonchev–Trinajstić information content (AvgIpc) is 3.21. The zero-order valence-corrected chi connectivity index (χ0v) is 27.7. The van der Waals surface area contributed by atoms with E-state index in [1.165, 1.54) is 47.7 Å². The summed E-state index contributed by atoms with van der Waals surface area (Å²) in [4.78, 5) is 29.9. The molecule has 2 heterocycles. The Balaban J connectivity index is 1.59. The van der Waals surface area contributed by atoms with Crippen LogP contribution in [0.4, 0.5) is 8.78 Å². The zero-order valence-electron chi connectivity index (χ0n) is 27.7. The Labute approximate surface area is 274 Å². The summed E-state index contributed by atoms with van der Waals surface area (Å²) in [6.45, 7) is 1.12. The van der Waals surface area contributed by atoms with Gasteiger partial charge in [0.2, 0.25) is 11.5 Å². The van der Waals surface area contributed by atoms with Gasteiger partial charge >= 0.3 is 5.97 Å². The van der Waals surface area contributed by atoms with Crippen molar-refractivity contribution < 1.29 is 51.5 Å². The highest BCUT2D eigenvalue weighted by Crippen LogP contribution is 2.39. The maximum absolute atomic E-state index is 15.0. The second kappa shape index (κ2) is 16.7. The number of nitrogens with zero attached hydrogens (tertiary/aromatic N) is 2. The number of halogens is 2. The van der Waals surface area contributed by atoms with Crippen molar-refractivity contribution in [2.45, 2.75) is 37.6 Å². The highest BCUT2D eigenvalue weighted by molar-refractivity contribution is 5.96. The molecule has 0 aromatic heterocycles. The third kappa shape index (κ3) is 9.50. The highest BCUT2D eigenvalue weighted by atomic mass is 19.3. The number of cyclic esters (lactones) is 1. The van der Waals surface area contributed by atoms with Crippen LogP contribution < -0.4 is 33.7 Å². The third-order valence-electron chi connectivity index (χ3n) is 8.19. The SMILES string of the molecule is COc1cc(C(=O)NC2CCCOc3cc(cc(OC)c3OC)C(=O)OCCCN3CCN(CC2)CC(F)(F)C3)cc(OC)c1OC. The van der Waals surface area contributed by atoms with Crippen molar-refractivity contribution in [1.82, 2.24) is 15.1 Å². The van der Waals surface area contributed by atoms with E-state index in [2.05, 4.69) is 5.32 Å². The summed E-state index contributed by atoms with van der Waals surface area (Å²) in [6, 6.07) is 5.79. The van der Waals surface area contributed by atoms with Gasteiger partial charge in [-0.25, -0.2) is 13.6 Å². The van der Waals surface area contributed by atoms with Crippen molar-refractivity contribution in [1.29, 1.82) is 0 Å². The number of esters is 1. The first-order valence-corrected chi connectivity index (χ1v) is 15.6. The highest BCUT2D eigenvalue weighted by Gasteiger charge is 2.37. The van der Waals surface area contributed by atoms with E-state index in [4.69, 9.17) is 33.2 Å². The van der Waals surface area contributed by atoms with Crippen LogP contribution in [0.2, 0.25) is 0 Å². The quantitative estimate of drug-likeness (QED) is 0.435. The molecule has 3 unspecified atom stereocenters. The topological polar surface area (TPSA) is 117 Å². The number of nitrogens with one attached hydrogen (secondary N) is 1. The molecule has 14 heteroatoms.